The summed E-state index contributed by atoms with van der Waals surface area (Å²) in [5.74, 6) is 0. The molecule has 8 aromatic rings. The first kappa shape index (κ1) is 22.3. The van der Waals surface area contributed by atoms with Gasteiger partial charge in [0.05, 0.1) is 16.9 Å². The third-order valence-electron chi connectivity index (χ3n) is 8.26. The lowest BCUT2D eigenvalue weighted by molar-refractivity contribution is 0.658. The molecule has 41 heavy (non-hydrogen) atoms. The average Bonchev–Trinajstić information content (AvgIpc) is 3.72. The molecule has 0 bridgehead atoms. The molecule has 1 unspecified atom stereocenters. The number of nitrogens with one attached hydrogen (secondary N) is 1. The Balaban J connectivity index is 1.31. The van der Waals surface area contributed by atoms with E-state index in [0.717, 1.165) is 72.1 Å². The van der Waals surface area contributed by atoms with Gasteiger partial charge in [-0.1, -0.05) is 91.0 Å². The minimum absolute atomic E-state index is 0.0305. The Hall–Kier alpha value is -5.48. The van der Waals surface area contributed by atoms with E-state index in [1.807, 2.05) is 24.3 Å². The molecule has 0 aliphatic carbocycles. The maximum atomic E-state index is 6.55. The van der Waals surface area contributed by atoms with E-state index in [-0.39, 0.29) is 6.17 Å². The van der Waals surface area contributed by atoms with Gasteiger partial charge in [-0.25, -0.2) is 0 Å². The molecule has 0 spiro atoms. The van der Waals surface area contributed by atoms with Crippen molar-refractivity contribution in [1.29, 1.82) is 0 Å². The Kier molecular flexibility index (Phi) is 4.64. The van der Waals surface area contributed by atoms with Crippen LogP contribution < -0.4 is 10.2 Å². The number of nitrogens with zero attached hydrogens (tertiary/aromatic N) is 1. The van der Waals surface area contributed by atoms with Crippen molar-refractivity contribution in [2.45, 2.75) is 6.17 Å². The van der Waals surface area contributed by atoms with Gasteiger partial charge in [-0.05, 0) is 53.6 Å². The summed E-state index contributed by atoms with van der Waals surface area (Å²) in [6, 6.07) is 46.5. The second kappa shape index (κ2) is 8.51. The summed E-state index contributed by atoms with van der Waals surface area (Å²) in [5, 5.41) is 8.22. The Morgan fingerprint density at radius 2 is 1.12 bits per heavy atom. The van der Waals surface area contributed by atoms with Crippen LogP contribution in [0, 0.1) is 0 Å². The SMILES string of the molecule is c1ccc(C2Nc3cc(-c4c5oc6ccccc6c5cc5c4oc4ccccc45)ccc3N2c2ccccc2)cc1. The number of fused-ring (bicyclic) bond motifs is 7. The highest BCUT2D eigenvalue weighted by Gasteiger charge is 2.32. The Morgan fingerprint density at radius 1 is 0.537 bits per heavy atom. The molecule has 0 saturated heterocycles. The summed E-state index contributed by atoms with van der Waals surface area (Å²) in [7, 11) is 0. The summed E-state index contributed by atoms with van der Waals surface area (Å²) < 4.78 is 13.1. The Labute approximate surface area is 236 Å². The van der Waals surface area contributed by atoms with Crippen molar-refractivity contribution in [3.05, 3.63) is 139 Å². The first-order valence-electron chi connectivity index (χ1n) is 13.9. The molecule has 4 heteroatoms. The predicted molar refractivity (Wildman–Crippen MR) is 168 cm³/mol. The van der Waals surface area contributed by atoms with Gasteiger partial charge in [0.1, 0.15) is 28.5 Å². The molecular formula is C37H24N2O2. The third-order valence-corrected chi connectivity index (χ3v) is 8.26. The molecule has 1 N–H and O–H groups in total. The molecule has 0 fully saturated rings. The smallest absolute Gasteiger partial charge is 0.147 e. The number of rotatable bonds is 3. The van der Waals surface area contributed by atoms with E-state index in [1.165, 1.54) is 5.56 Å². The topological polar surface area (TPSA) is 41.6 Å². The largest absolute Gasteiger partial charge is 0.455 e. The molecule has 1 atom stereocenters. The van der Waals surface area contributed by atoms with E-state index >= 15 is 0 Å². The summed E-state index contributed by atoms with van der Waals surface area (Å²) in [6.07, 6.45) is -0.0305. The van der Waals surface area contributed by atoms with Crippen LogP contribution in [-0.2, 0) is 0 Å². The summed E-state index contributed by atoms with van der Waals surface area (Å²) in [6.45, 7) is 0. The van der Waals surface area contributed by atoms with Gasteiger partial charge in [-0.2, -0.15) is 0 Å². The fourth-order valence-electron chi connectivity index (χ4n) is 6.41. The molecule has 4 nitrogen and oxygen atoms in total. The van der Waals surface area contributed by atoms with E-state index in [2.05, 4.69) is 119 Å². The van der Waals surface area contributed by atoms with E-state index in [0.29, 0.717) is 0 Å². The van der Waals surface area contributed by atoms with Crippen LogP contribution in [0.25, 0.3) is 55.0 Å². The standard InChI is InChI=1S/C37H24N2O2/c1-3-11-23(12-4-1)37-38-30-21-24(19-20-31(30)39(37)25-13-5-2-6-14-25)34-35-28(26-15-7-9-17-32(26)40-35)22-29-27-16-8-10-18-33(27)41-36(29)34/h1-22,37-38H. The van der Waals surface area contributed by atoms with Gasteiger partial charge < -0.3 is 19.1 Å². The van der Waals surface area contributed by atoms with E-state index < -0.39 is 0 Å². The quantitative estimate of drug-likeness (QED) is 0.248. The van der Waals surface area contributed by atoms with Crippen molar-refractivity contribution >= 4 is 60.9 Å². The van der Waals surface area contributed by atoms with Crippen molar-refractivity contribution in [2.24, 2.45) is 0 Å². The minimum Gasteiger partial charge on any atom is -0.455 e. The lowest BCUT2D eigenvalue weighted by atomic mass is 9.98. The van der Waals surface area contributed by atoms with Crippen LogP contribution in [-0.4, -0.2) is 0 Å². The van der Waals surface area contributed by atoms with Gasteiger partial charge in [0.25, 0.3) is 0 Å². The highest BCUT2D eigenvalue weighted by atomic mass is 16.3. The highest BCUT2D eigenvalue weighted by molar-refractivity contribution is 6.22. The lowest BCUT2D eigenvalue weighted by Crippen LogP contribution is -2.23. The number of hydrogen-bond donors (Lipinski definition) is 1. The van der Waals surface area contributed by atoms with Gasteiger partial charge >= 0.3 is 0 Å². The Bertz CT molecular complexity index is 2160. The first-order chi connectivity index (χ1) is 20.3. The average molecular weight is 529 g/mol. The van der Waals surface area contributed by atoms with Crippen molar-refractivity contribution in [1.82, 2.24) is 0 Å². The van der Waals surface area contributed by atoms with Gasteiger partial charge in [0.15, 0.2) is 0 Å². The van der Waals surface area contributed by atoms with Gasteiger partial charge in [0, 0.05) is 27.2 Å². The molecule has 9 rings (SSSR count). The van der Waals surface area contributed by atoms with Crippen LogP contribution in [0.3, 0.4) is 0 Å². The summed E-state index contributed by atoms with van der Waals surface area (Å²) >= 11 is 0. The van der Waals surface area contributed by atoms with Crippen LogP contribution in [0.5, 0.6) is 0 Å². The van der Waals surface area contributed by atoms with E-state index in [9.17, 15) is 0 Å². The van der Waals surface area contributed by atoms with Crippen LogP contribution >= 0.6 is 0 Å². The van der Waals surface area contributed by atoms with Crippen LogP contribution in [0.1, 0.15) is 11.7 Å². The fraction of sp³-hybridized carbons (Fsp3) is 0.0270. The molecular weight excluding hydrogens is 504 g/mol. The number of para-hydroxylation sites is 3. The zero-order chi connectivity index (χ0) is 26.9. The molecule has 0 radical (unpaired) electrons. The van der Waals surface area contributed by atoms with Crippen LogP contribution in [0.4, 0.5) is 17.1 Å². The van der Waals surface area contributed by atoms with Crippen molar-refractivity contribution < 1.29 is 8.83 Å². The second-order valence-electron chi connectivity index (χ2n) is 10.6. The maximum Gasteiger partial charge on any atom is 0.147 e. The van der Waals surface area contributed by atoms with Crippen LogP contribution in [0.15, 0.2) is 142 Å². The van der Waals surface area contributed by atoms with Crippen molar-refractivity contribution in [3.8, 4) is 11.1 Å². The van der Waals surface area contributed by atoms with Crippen molar-refractivity contribution in [2.75, 3.05) is 10.2 Å². The minimum atomic E-state index is -0.0305. The molecule has 194 valence electrons. The molecule has 1 aliphatic rings. The molecule has 0 amide bonds. The molecule has 0 saturated carbocycles. The monoisotopic (exact) mass is 528 g/mol. The van der Waals surface area contributed by atoms with E-state index in [4.69, 9.17) is 8.83 Å². The predicted octanol–water partition coefficient (Wildman–Crippen LogP) is 10.4. The second-order valence-corrected chi connectivity index (χ2v) is 10.6. The molecule has 3 heterocycles. The van der Waals surface area contributed by atoms with Gasteiger partial charge in [-0.15, -0.1) is 0 Å². The maximum absolute atomic E-state index is 6.55. The summed E-state index contributed by atoms with van der Waals surface area (Å²) in [5.41, 5.74) is 10.00. The normalized spacial score (nSPS) is 14.7. The lowest BCUT2D eigenvalue weighted by Gasteiger charge is -2.27. The van der Waals surface area contributed by atoms with Crippen LogP contribution in [0.2, 0.25) is 0 Å². The molecule has 1 aliphatic heterocycles. The number of benzene rings is 6. The zero-order valence-electron chi connectivity index (χ0n) is 22.0. The zero-order valence-corrected chi connectivity index (χ0v) is 22.0. The molecule has 2 aromatic heterocycles. The van der Waals surface area contributed by atoms with E-state index in [1.54, 1.807) is 0 Å². The highest BCUT2D eigenvalue weighted by Crippen LogP contribution is 2.50. The number of anilines is 3. The van der Waals surface area contributed by atoms with Gasteiger partial charge in [0.2, 0.25) is 0 Å². The Morgan fingerprint density at radius 3 is 1.78 bits per heavy atom. The molecule has 6 aromatic carbocycles. The third kappa shape index (κ3) is 3.28. The van der Waals surface area contributed by atoms with Crippen molar-refractivity contribution in [3.63, 3.8) is 0 Å². The fourth-order valence-corrected chi connectivity index (χ4v) is 6.41. The number of furan rings is 2. The van der Waals surface area contributed by atoms with Gasteiger partial charge in [-0.3, -0.25) is 0 Å². The number of hydrogen-bond acceptors (Lipinski definition) is 4. The summed E-state index contributed by atoms with van der Waals surface area (Å²) in [4.78, 5) is 2.37. The first-order valence-corrected chi connectivity index (χ1v) is 13.9.